The average molecular weight is 237 g/mol. The van der Waals surface area contributed by atoms with E-state index < -0.39 is 0 Å². The minimum Gasteiger partial charge on any atom is -0.399 e. The highest BCUT2D eigenvalue weighted by molar-refractivity contribution is 5.93. The maximum Gasteiger partial charge on any atom is 0.137 e. The predicted octanol–water partition coefficient (Wildman–Crippen LogP) is 3.37. The lowest BCUT2D eigenvalue weighted by atomic mass is 10.0. The van der Waals surface area contributed by atoms with Crippen LogP contribution >= 0.6 is 0 Å². The van der Waals surface area contributed by atoms with Gasteiger partial charge in [0.05, 0.1) is 0 Å². The fraction of sp³-hybridized carbons (Fsp3) is 0.133. The first-order chi connectivity index (χ1) is 8.79. The summed E-state index contributed by atoms with van der Waals surface area (Å²) in [6.07, 6.45) is 4.74. The van der Waals surface area contributed by atoms with E-state index in [1.54, 1.807) is 6.20 Å². The number of aromatic nitrogens is 2. The lowest BCUT2D eigenvalue weighted by molar-refractivity contribution is 1.15. The van der Waals surface area contributed by atoms with Crippen molar-refractivity contribution in [2.24, 2.45) is 0 Å². The highest BCUT2D eigenvalue weighted by Gasteiger charge is 2.07. The number of aromatic amines is 1. The maximum atomic E-state index is 5.95. The van der Waals surface area contributed by atoms with Crippen LogP contribution < -0.4 is 5.73 Å². The van der Waals surface area contributed by atoms with Crippen molar-refractivity contribution in [1.82, 2.24) is 9.97 Å². The molecule has 3 heteroatoms. The molecule has 0 spiro atoms. The summed E-state index contributed by atoms with van der Waals surface area (Å²) in [5.41, 5.74) is 11.3. The number of hydrogen-bond donors (Lipinski definition) is 2. The zero-order chi connectivity index (χ0) is 12.5. The topological polar surface area (TPSA) is 54.7 Å². The van der Waals surface area contributed by atoms with Crippen molar-refractivity contribution < 1.29 is 0 Å². The number of nitrogens with zero attached hydrogens (tertiary/aromatic N) is 1. The summed E-state index contributed by atoms with van der Waals surface area (Å²) >= 11 is 0. The summed E-state index contributed by atoms with van der Waals surface area (Å²) in [6, 6.07) is 10.2. The second-order valence-electron chi connectivity index (χ2n) is 4.37. The molecule has 0 aliphatic heterocycles. The van der Waals surface area contributed by atoms with Crippen LogP contribution in [0.3, 0.4) is 0 Å². The van der Waals surface area contributed by atoms with Gasteiger partial charge in [0.25, 0.3) is 0 Å². The molecule has 1 aromatic carbocycles. The van der Waals surface area contributed by atoms with Gasteiger partial charge in [0.2, 0.25) is 0 Å². The predicted molar refractivity (Wildman–Crippen MR) is 75.3 cm³/mol. The first kappa shape index (κ1) is 10.8. The summed E-state index contributed by atoms with van der Waals surface area (Å²) in [7, 11) is 0. The second kappa shape index (κ2) is 4.18. The molecule has 0 fully saturated rings. The smallest absolute Gasteiger partial charge is 0.137 e. The summed E-state index contributed by atoms with van der Waals surface area (Å²) < 4.78 is 0. The number of H-pyrrole nitrogens is 1. The van der Waals surface area contributed by atoms with Crippen molar-refractivity contribution in [1.29, 1.82) is 0 Å². The van der Waals surface area contributed by atoms with Gasteiger partial charge in [0, 0.05) is 29.0 Å². The molecule has 3 rings (SSSR count). The third-order valence-electron chi connectivity index (χ3n) is 3.29. The number of rotatable bonds is 2. The number of benzene rings is 1. The summed E-state index contributed by atoms with van der Waals surface area (Å²) in [5, 5.41) is 1.14. The quantitative estimate of drug-likeness (QED) is 0.671. The zero-order valence-electron chi connectivity index (χ0n) is 10.3. The lowest BCUT2D eigenvalue weighted by Gasteiger charge is -2.06. The monoisotopic (exact) mass is 237 g/mol. The van der Waals surface area contributed by atoms with Gasteiger partial charge in [-0.15, -0.1) is 0 Å². The number of hydrogen-bond acceptors (Lipinski definition) is 2. The summed E-state index contributed by atoms with van der Waals surface area (Å²) in [4.78, 5) is 7.50. The Hall–Kier alpha value is -2.29. The Kier molecular flexibility index (Phi) is 2.52. The molecule has 0 atom stereocenters. The number of pyridine rings is 1. The molecule has 3 aromatic rings. The molecule has 18 heavy (non-hydrogen) atoms. The molecule has 0 amide bonds. The number of nitrogens with one attached hydrogen (secondary N) is 1. The average Bonchev–Trinajstić information content (AvgIpc) is 2.83. The second-order valence-corrected chi connectivity index (χ2v) is 4.37. The Morgan fingerprint density at radius 3 is 3.00 bits per heavy atom. The Labute approximate surface area is 106 Å². The van der Waals surface area contributed by atoms with Gasteiger partial charge in [-0.1, -0.05) is 13.0 Å². The number of nitrogen functional groups attached to an aromatic ring is 1. The van der Waals surface area contributed by atoms with Crippen LogP contribution in [0.2, 0.25) is 0 Å². The van der Waals surface area contributed by atoms with Crippen molar-refractivity contribution in [3.63, 3.8) is 0 Å². The lowest BCUT2D eigenvalue weighted by Crippen LogP contribution is -1.92. The van der Waals surface area contributed by atoms with Crippen molar-refractivity contribution >= 4 is 16.7 Å². The fourth-order valence-corrected chi connectivity index (χ4v) is 2.27. The van der Waals surface area contributed by atoms with Crippen LogP contribution in [0.5, 0.6) is 0 Å². The van der Waals surface area contributed by atoms with Crippen LogP contribution in [0.25, 0.3) is 22.2 Å². The van der Waals surface area contributed by atoms with E-state index in [2.05, 4.69) is 35.1 Å². The van der Waals surface area contributed by atoms with Gasteiger partial charge in [0.15, 0.2) is 0 Å². The summed E-state index contributed by atoms with van der Waals surface area (Å²) in [5.74, 6) is 0. The standard InChI is InChI=1S/C15H15N3/c1-2-10-8-11(5-6-14(10)16)13-9-18-15-12(13)4-3-7-17-15/h3-9H,2,16H2,1H3,(H,17,18). The highest BCUT2D eigenvalue weighted by atomic mass is 14.8. The molecular formula is C15H15N3. The molecule has 0 saturated heterocycles. The molecule has 90 valence electrons. The minimum atomic E-state index is 0.860. The Bertz CT molecular complexity index is 698. The van der Waals surface area contributed by atoms with Gasteiger partial charge in [-0.25, -0.2) is 4.98 Å². The molecular weight excluding hydrogens is 222 g/mol. The Balaban J connectivity index is 2.20. The van der Waals surface area contributed by atoms with Gasteiger partial charge >= 0.3 is 0 Å². The first-order valence-corrected chi connectivity index (χ1v) is 6.10. The van der Waals surface area contributed by atoms with E-state index in [4.69, 9.17) is 5.73 Å². The minimum absolute atomic E-state index is 0.860. The van der Waals surface area contributed by atoms with Crippen LogP contribution in [0, 0.1) is 0 Å². The van der Waals surface area contributed by atoms with E-state index in [0.29, 0.717) is 0 Å². The molecule has 0 radical (unpaired) electrons. The van der Waals surface area contributed by atoms with Gasteiger partial charge in [-0.3, -0.25) is 0 Å². The first-order valence-electron chi connectivity index (χ1n) is 6.10. The van der Waals surface area contributed by atoms with Gasteiger partial charge in [-0.05, 0) is 41.8 Å². The number of nitrogens with two attached hydrogens (primary N) is 1. The molecule has 2 aromatic heterocycles. The van der Waals surface area contributed by atoms with Gasteiger partial charge in [-0.2, -0.15) is 0 Å². The van der Waals surface area contributed by atoms with Crippen molar-refractivity contribution in [3.05, 3.63) is 48.3 Å². The van der Waals surface area contributed by atoms with E-state index in [0.717, 1.165) is 23.1 Å². The number of aryl methyl sites for hydroxylation is 1. The van der Waals surface area contributed by atoms with Gasteiger partial charge in [0.1, 0.15) is 5.65 Å². The molecule has 0 saturated carbocycles. The highest BCUT2D eigenvalue weighted by Crippen LogP contribution is 2.29. The van der Waals surface area contributed by atoms with Crippen molar-refractivity contribution in [2.45, 2.75) is 13.3 Å². The van der Waals surface area contributed by atoms with E-state index >= 15 is 0 Å². The fourth-order valence-electron chi connectivity index (χ4n) is 2.27. The van der Waals surface area contributed by atoms with E-state index in [1.807, 2.05) is 18.3 Å². The zero-order valence-corrected chi connectivity index (χ0v) is 10.3. The molecule has 0 bridgehead atoms. The number of anilines is 1. The Morgan fingerprint density at radius 2 is 2.17 bits per heavy atom. The number of fused-ring (bicyclic) bond motifs is 1. The normalized spacial score (nSPS) is 10.9. The van der Waals surface area contributed by atoms with Crippen LogP contribution in [-0.2, 0) is 6.42 Å². The molecule has 3 N–H and O–H groups in total. The van der Waals surface area contributed by atoms with E-state index in [9.17, 15) is 0 Å². The largest absolute Gasteiger partial charge is 0.399 e. The van der Waals surface area contributed by atoms with Crippen LogP contribution in [0.4, 0.5) is 5.69 Å². The van der Waals surface area contributed by atoms with Crippen molar-refractivity contribution in [2.75, 3.05) is 5.73 Å². The third kappa shape index (κ3) is 1.64. The van der Waals surface area contributed by atoms with Crippen LogP contribution in [-0.4, -0.2) is 9.97 Å². The molecule has 0 aliphatic carbocycles. The summed E-state index contributed by atoms with van der Waals surface area (Å²) in [6.45, 7) is 2.12. The molecule has 0 unspecified atom stereocenters. The molecule has 2 heterocycles. The molecule has 3 nitrogen and oxygen atoms in total. The van der Waals surface area contributed by atoms with Gasteiger partial charge < -0.3 is 10.7 Å². The SMILES string of the molecule is CCc1cc(-c2c[nH]c3ncccc23)ccc1N. The van der Waals surface area contributed by atoms with E-state index in [-0.39, 0.29) is 0 Å². The van der Waals surface area contributed by atoms with Crippen LogP contribution in [0.15, 0.2) is 42.7 Å². The van der Waals surface area contributed by atoms with Crippen LogP contribution in [0.1, 0.15) is 12.5 Å². The third-order valence-corrected chi connectivity index (χ3v) is 3.29. The maximum absolute atomic E-state index is 5.95. The Morgan fingerprint density at radius 1 is 1.28 bits per heavy atom. The van der Waals surface area contributed by atoms with Crippen molar-refractivity contribution in [3.8, 4) is 11.1 Å². The molecule has 0 aliphatic rings. The van der Waals surface area contributed by atoms with E-state index in [1.165, 1.54) is 16.7 Å².